The first-order valence-electron chi connectivity index (χ1n) is 9.77. The van der Waals surface area contributed by atoms with Crippen molar-refractivity contribution in [3.8, 4) is 0 Å². The van der Waals surface area contributed by atoms with Crippen LogP contribution in [0.4, 0.5) is 10.1 Å². The monoisotopic (exact) mass is 458 g/mol. The van der Waals surface area contributed by atoms with Crippen LogP contribution in [0.5, 0.6) is 0 Å². The van der Waals surface area contributed by atoms with Gasteiger partial charge in [-0.25, -0.2) is 12.8 Å². The minimum absolute atomic E-state index is 0.00237. The van der Waals surface area contributed by atoms with Gasteiger partial charge >= 0.3 is 0 Å². The fourth-order valence-electron chi connectivity index (χ4n) is 3.65. The maximum atomic E-state index is 13.1. The summed E-state index contributed by atoms with van der Waals surface area (Å²) in [4.78, 5) is 12.7. The Balaban J connectivity index is 1.50. The van der Waals surface area contributed by atoms with Crippen molar-refractivity contribution in [1.29, 1.82) is 0 Å². The fourth-order valence-corrected chi connectivity index (χ4v) is 4.94. The van der Waals surface area contributed by atoms with E-state index < -0.39 is 15.8 Å². The van der Waals surface area contributed by atoms with Crippen molar-refractivity contribution in [2.24, 2.45) is 0 Å². The lowest BCUT2D eigenvalue weighted by Gasteiger charge is -2.25. The van der Waals surface area contributed by atoms with Gasteiger partial charge in [0.15, 0.2) is 0 Å². The maximum Gasteiger partial charge on any atom is 0.261 e. The summed E-state index contributed by atoms with van der Waals surface area (Å²) in [5, 5.41) is 3.17. The summed E-state index contributed by atoms with van der Waals surface area (Å²) in [6.45, 7) is 0. The summed E-state index contributed by atoms with van der Waals surface area (Å²) < 4.78 is 40.6. The number of hydrogen-bond acceptors (Lipinski definition) is 3. The van der Waals surface area contributed by atoms with Crippen LogP contribution in [-0.4, -0.2) is 20.4 Å². The molecule has 0 heterocycles. The van der Waals surface area contributed by atoms with Crippen LogP contribution >= 0.6 is 11.6 Å². The van der Waals surface area contributed by atoms with Gasteiger partial charge in [-0.3, -0.25) is 9.52 Å². The zero-order valence-electron chi connectivity index (χ0n) is 16.4. The van der Waals surface area contributed by atoms with Crippen molar-refractivity contribution in [2.75, 3.05) is 4.72 Å². The van der Waals surface area contributed by atoms with E-state index >= 15 is 0 Å². The Kier molecular flexibility index (Phi) is 5.98. The number of benzene rings is 3. The van der Waals surface area contributed by atoms with Crippen LogP contribution in [0.1, 0.15) is 27.9 Å². The highest BCUT2D eigenvalue weighted by Crippen LogP contribution is 2.27. The number of anilines is 1. The van der Waals surface area contributed by atoms with Crippen molar-refractivity contribution in [1.82, 2.24) is 5.32 Å². The third kappa shape index (κ3) is 4.89. The SMILES string of the molecule is O=C(NC1CCc2ccccc2C1)c1ccc(Cl)c(NS(=O)(=O)c2ccc(F)cc2)c1. The summed E-state index contributed by atoms with van der Waals surface area (Å²) in [6.07, 6.45) is 2.48. The zero-order chi connectivity index (χ0) is 22.0. The van der Waals surface area contributed by atoms with E-state index in [0.717, 1.165) is 43.5 Å². The second kappa shape index (κ2) is 8.69. The molecular weight excluding hydrogens is 439 g/mol. The Morgan fingerprint density at radius 3 is 2.45 bits per heavy atom. The molecule has 4 rings (SSSR count). The van der Waals surface area contributed by atoms with Gasteiger partial charge in [0.1, 0.15) is 5.82 Å². The van der Waals surface area contributed by atoms with Gasteiger partial charge in [-0.2, -0.15) is 0 Å². The largest absolute Gasteiger partial charge is 0.349 e. The van der Waals surface area contributed by atoms with Gasteiger partial charge in [-0.1, -0.05) is 35.9 Å². The van der Waals surface area contributed by atoms with E-state index in [-0.39, 0.29) is 27.6 Å². The molecule has 5 nitrogen and oxygen atoms in total. The Morgan fingerprint density at radius 1 is 1.00 bits per heavy atom. The lowest BCUT2D eigenvalue weighted by atomic mass is 9.88. The Hall–Kier alpha value is -2.90. The van der Waals surface area contributed by atoms with Crippen LogP contribution in [-0.2, 0) is 22.9 Å². The van der Waals surface area contributed by atoms with Gasteiger partial charge in [0.25, 0.3) is 15.9 Å². The van der Waals surface area contributed by atoms with Gasteiger partial charge in [0, 0.05) is 11.6 Å². The minimum Gasteiger partial charge on any atom is -0.349 e. The van der Waals surface area contributed by atoms with Crippen LogP contribution < -0.4 is 10.0 Å². The molecule has 1 unspecified atom stereocenters. The number of aryl methyl sites for hydroxylation is 1. The van der Waals surface area contributed by atoms with Crippen LogP contribution in [0.2, 0.25) is 5.02 Å². The molecule has 0 aromatic heterocycles. The Morgan fingerprint density at radius 2 is 1.71 bits per heavy atom. The number of carbonyl (C=O) groups is 1. The highest BCUT2D eigenvalue weighted by Gasteiger charge is 2.22. The standard InChI is InChI=1S/C23H20ClFN2O3S/c24-21-12-6-17(14-22(21)27-31(29,30)20-10-7-18(25)8-11-20)23(28)26-19-9-5-15-3-1-2-4-16(15)13-19/h1-4,6-8,10-12,14,19,27H,5,9,13H2,(H,26,28). The average molecular weight is 459 g/mol. The molecule has 0 saturated carbocycles. The molecule has 0 spiro atoms. The predicted molar refractivity (Wildman–Crippen MR) is 118 cm³/mol. The molecule has 0 fully saturated rings. The number of amides is 1. The van der Waals surface area contributed by atoms with E-state index in [4.69, 9.17) is 11.6 Å². The van der Waals surface area contributed by atoms with E-state index in [0.29, 0.717) is 5.56 Å². The lowest BCUT2D eigenvalue weighted by Crippen LogP contribution is -2.38. The fraction of sp³-hybridized carbons (Fsp3) is 0.174. The molecule has 0 saturated heterocycles. The van der Waals surface area contributed by atoms with Gasteiger partial charge in [-0.15, -0.1) is 0 Å². The van der Waals surface area contributed by atoms with E-state index in [1.54, 1.807) is 6.07 Å². The first kappa shape index (κ1) is 21.3. The molecule has 0 radical (unpaired) electrons. The second-order valence-corrected chi connectivity index (χ2v) is 9.53. The average Bonchev–Trinajstić information content (AvgIpc) is 2.75. The molecule has 1 amide bonds. The smallest absolute Gasteiger partial charge is 0.261 e. The van der Waals surface area contributed by atoms with Crippen molar-refractivity contribution in [3.05, 3.63) is 94.3 Å². The molecule has 3 aromatic rings. The lowest BCUT2D eigenvalue weighted by molar-refractivity contribution is 0.0933. The number of hydrogen-bond donors (Lipinski definition) is 2. The van der Waals surface area contributed by atoms with E-state index in [2.05, 4.69) is 22.2 Å². The van der Waals surface area contributed by atoms with Crippen molar-refractivity contribution < 1.29 is 17.6 Å². The Bertz CT molecular complexity index is 1230. The minimum atomic E-state index is -3.99. The molecule has 1 atom stereocenters. The summed E-state index contributed by atoms with van der Waals surface area (Å²) in [6, 6.07) is 17.0. The summed E-state index contributed by atoms with van der Waals surface area (Å²) >= 11 is 6.15. The number of sulfonamides is 1. The van der Waals surface area contributed by atoms with E-state index in [1.807, 2.05) is 12.1 Å². The molecule has 1 aliphatic carbocycles. The predicted octanol–water partition coefficient (Wildman–Crippen LogP) is 4.57. The molecular formula is C23H20ClFN2O3S. The van der Waals surface area contributed by atoms with Crippen LogP contribution in [0, 0.1) is 5.82 Å². The highest BCUT2D eigenvalue weighted by atomic mass is 35.5. The molecule has 1 aliphatic rings. The van der Waals surface area contributed by atoms with Crippen molar-refractivity contribution in [2.45, 2.75) is 30.2 Å². The number of halogens is 2. The summed E-state index contributed by atoms with van der Waals surface area (Å²) in [5.41, 5.74) is 2.90. The normalized spacial score (nSPS) is 15.7. The third-order valence-electron chi connectivity index (χ3n) is 5.28. The molecule has 2 N–H and O–H groups in total. The first-order chi connectivity index (χ1) is 14.8. The van der Waals surface area contributed by atoms with Crippen LogP contribution in [0.3, 0.4) is 0 Å². The van der Waals surface area contributed by atoms with Gasteiger partial charge in [0.05, 0.1) is 15.6 Å². The Labute approximate surface area is 185 Å². The molecule has 0 bridgehead atoms. The highest BCUT2D eigenvalue weighted by molar-refractivity contribution is 7.92. The third-order valence-corrected chi connectivity index (χ3v) is 6.99. The quantitative estimate of drug-likeness (QED) is 0.588. The molecule has 31 heavy (non-hydrogen) atoms. The number of rotatable bonds is 5. The zero-order valence-corrected chi connectivity index (χ0v) is 18.0. The van der Waals surface area contributed by atoms with Crippen LogP contribution in [0.15, 0.2) is 71.6 Å². The van der Waals surface area contributed by atoms with E-state index in [1.165, 1.54) is 23.3 Å². The van der Waals surface area contributed by atoms with Gasteiger partial charge < -0.3 is 5.32 Å². The number of fused-ring (bicyclic) bond motifs is 1. The maximum absolute atomic E-state index is 13.1. The van der Waals surface area contributed by atoms with E-state index in [9.17, 15) is 17.6 Å². The van der Waals surface area contributed by atoms with Gasteiger partial charge in [0.2, 0.25) is 0 Å². The molecule has 8 heteroatoms. The summed E-state index contributed by atoms with van der Waals surface area (Å²) in [7, 11) is -3.99. The van der Waals surface area contributed by atoms with Gasteiger partial charge in [-0.05, 0) is 72.9 Å². The molecule has 3 aromatic carbocycles. The topological polar surface area (TPSA) is 75.3 Å². The van der Waals surface area contributed by atoms with Crippen LogP contribution in [0.25, 0.3) is 0 Å². The van der Waals surface area contributed by atoms with Crippen molar-refractivity contribution in [3.63, 3.8) is 0 Å². The first-order valence-corrected chi connectivity index (χ1v) is 11.6. The number of nitrogens with one attached hydrogen (secondary N) is 2. The summed E-state index contributed by atoms with van der Waals surface area (Å²) in [5.74, 6) is -0.843. The number of carbonyl (C=O) groups excluding carboxylic acids is 1. The molecule has 160 valence electrons. The van der Waals surface area contributed by atoms with Crippen molar-refractivity contribution >= 4 is 33.2 Å². The second-order valence-electron chi connectivity index (χ2n) is 7.44. The molecule has 0 aliphatic heterocycles.